The van der Waals surface area contributed by atoms with E-state index < -0.39 is 0 Å². The van der Waals surface area contributed by atoms with E-state index in [2.05, 4.69) is 87.0 Å². The van der Waals surface area contributed by atoms with Gasteiger partial charge in [-0.15, -0.1) is 0 Å². The molecule has 67 heavy (non-hydrogen) atoms. The van der Waals surface area contributed by atoms with E-state index in [1.807, 2.05) is 13.0 Å². The van der Waals surface area contributed by atoms with Crippen LogP contribution in [0.3, 0.4) is 0 Å². The summed E-state index contributed by atoms with van der Waals surface area (Å²) in [5, 5.41) is 10.1. The first-order valence-corrected chi connectivity index (χ1v) is 25.8. The van der Waals surface area contributed by atoms with Crippen LogP contribution in [0.2, 0.25) is 0 Å². The fourth-order valence-corrected chi connectivity index (χ4v) is 14.2. The molecule has 352 valence electrons. The Balaban J connectivity index is 0.655. The molecule has 0 aliphatic heterocycles. The van der Waals surface area contributed by atoms with Crippen LogP contribution in [-0.2, 0) is 12.8 Å². The number of rotatable bonds is 10. The minimum atomic E-state index is -0.129. The molecular formula is C55H69N9O3. The van der Waals surface area contributed by atoms with Gasteiger partial charge in [-0.1, -0.05) is 56.7 Å². The van der Waals surface area contributed by atoms with Crippen LogP contribution in [0.25, 0.3) is 33.1 Å². The predicted octanol–water partition coefficient (Wildman–Crippen LogP) is 10.5. The lowest BCUT2D eigenvalue weighted by Crippen LogP contribution is -2.59. The van der Waals surface area contributed by atoms with E-state index in [1.54, 1.807) is 0 Å². The van der Waals surface area contributed by atoms with Gasteiger partial charge < -0.3 is 30.9 Å². The summed E-state index contributed by atoms with van der Waals surface area (Å²) < 4.78 is 0. The van der Waals surface area contributed by atoms with Gasteiger partial charge in [-0.05, 0) is 192 Å². The Hall–Kier alpha value is -5.52. The molecule has 2 unspecified atom stereocenters. The standard InChI is InChI=1S/C55H69N9O3/c1-30-16-31(2)46-43(17-30)58-49(61-46)53(66)57-42-13-7-10-35(14-15-42)21-37-19-32(3)47-44(26-37)59-50(62-47)52(65)56-41-11-5-8-34(9-6-12-41)20-36-18-33(4)48-45(25-36)60-51(63-48)54(67)64-55-27-38-22-39(28-55)24-40(23-38)29-55/h16-19,25-26,34-35,38-42H,5-15,20-24,27-29H2,1-4H3,(H,56,65)(H,57,66)(H,58,61)(H,59,62)(H,60,63)(H,64,67). The van der Waals surface area contributed by atoms with E-state index in [0.717, 1.165) is 176 Å². The van der Waals surface area contributed by atoms with Crippen LogP contribution < -0.4 is 16.0 Å². The Kier molecular flexibility index (Phi) is 11.7. The summed E-state index contributed by atoms with van der Waals surface area (Å²) in [6.07, 6.45) is 20.8. The third-order valence-corrected chi connectivity index (χ3v) is 16.8. The molecule has 0 saturated heterocycles. The molecule has 2 atom stereocenters. The molecule has 3 heterocycles. The number of nitrogens with zero attached hydrogens (tertiary/aromatic N) is 3. The number of nitrogens with one attached hydrogen (secondary N) is 6. The Morgan fingerprint density at radius 3 is 1.43 bits per heavy atom. The number of aromatic nitrogens is 6. The lowest BCUT2D eigenvalue weighted by Gasteiger charge is -2.56. The normalized spacial score (nSPS) is 27.5. The van der Waals surface area contributed by atoms with E-state index in [0.29, 0.717) is 29.3 Å². The third kappa shape index (κ3) is 9.26. The first kappa shape index (κ1) is 44.0. The summed E-state index contributed by atoms with van der Waals surface area (Å²) in [6.45, 7) is 8.30. The first-order chi connectivity index (χ1) is 32.4. The highest BCUT2D eigenvalue weighted by Crippen LogP contribution is 2.55. The van der Waals surface area contributed by atoms with Crippen LogP contribution >= 0.6 is 0 Å². The van der Waals surface area contributed by atoms with Gasteiger partial charge in [-0.2, -0.15) is 0 Å². The molecule has 0 spiro atoms. The van der Waals surface area contributed by atoms with E-state index in [1.165, 1.54) is 30.4 Å². The minimum absolute atomic E-state index is 0.0357. The number of fused-ring (bicyclic) bond motifs is 3. The molecule has 12 rings (SSSR count). The number of imidazole rings is 3. The second-order valence-electron chi connectivity index (χ2n) is 22.4. The first-order valence-electron chi connectivity index (χ1n) is 25.8. The second-order valence-corrected chi connectivity index (χ2v) is 22.4. The number of aryl methyl sites for hydroxylation is 4. The molecule has 6 aromatic rings. The number of amides is 3. The van der Waals surface area contributed by atoms with Gasteiger partial charge in [0.15, 0.2) is 17.5 Å². The Morgan fingerprint density at radius 2 is 0.940 bits per heavy atom. The number of benzene rings is 3. The van der Waals surface area contributed by atoms with Crippen molar-refractivity contribution in [2.24, 2.45) is 29.6 Å². The summed E-state index contributed by atoms with van der Waals surface area (Å²) in [5.74, 6) is 4.35. The van der Waals surface area contributed by atoms with E-state index in [-0.39, 0.29) is 35.3 Å². The van der Waals surface area contributed by atoms with Crippen LogP contribution in [0.5, 0.6) is 0 Å². The molecule has 3 aromatic heterocycles. The number of aromatic amines is 3. The zero-order valence-corrected chi connectivity index (χ0v) is 40.0. The SMILES string of the molecule is Cc1cc(C)c2nc(C(=O)NC3CCCC(Cc4cc(C)c5nc(C(=O)NC6CCCC(Cc7cc(C)c8nc(C(=O)NC9%10CC%11CC(CC(C%11)C9)C%10)[nH]c8c7)CCC6)[nH]c5c4)CC3)[nH]c2c1. The topological polar surface area (TPSA) is 173 Å². The van der Waals surface area contributed by atoms with Gasteiger partial charge in [0, 0.05) is 17.6 Å². The quantitative estimate of drug-likeness (QED) is 0.0747. The molecular weight excluding hydrogens is 835 g/mol. The molecule has 6 saturated carbocycles. The van der Waals surface area contributed by atoms with Crippen molar-refractivity contribution < 1.29 is 14.4 Å². The average Bonchev–Trinajstić information content (AvgIpc) is 3.98. The van der Waals surface area contributed by atoms with Crippen LogP contribution in [0.15, 0.2) is 36.4 Å². The van der Waals surface area contributed by atoms with Crippen molar-refractivity contribution in [1.82, 2.24) is 45.9 Å². The summed E-state index contributed by atoms with van der Waals surface area (Å²) in [4.78, 5) is 64.9. The predicted molar refractivity (Wildman–Crippen MR) is 263 cm³/mol. The van der Waals surface area contributed by atoms with Gasteiger partial charge in [-0.25, -0.2) is 15.0 Å². The lowest BCUT2D eigenvalue weighted by molar-refractivity contribution is -0.0168. The van der Waals surface area contributed by atoms with Crippen molar-refractivity contribution in [2.45, 2.75) is 167 Å². The Morgan fingerprint density at radius 1 is 0.522 bits per heavy atom. The molecule has 12 nitrogen and oxygen atoms in total. The summed E-state index contributed by atoms with van der Waals surface area (Å²) in [6, 6.07) is 13.3. The Bertz CT molecular complexity index is 2820. The molecule has 6 aliphatic rings. The molecule has 6 N–H and O–H groups in total. The maximum Gasteiger partial charge on any atom is 0.287 e. The summed E-state index contributed by atoms with van der Waals surface area (Å²) >= 11 is 0. The van der Waals surface area contributed by atoms with Gasteiger partial charge in [0.2, 0.25) is 0 Å². The van der Waals surface area contributed by atoms with E-state index in [9.17, 15) is 14.4 Å². The molecule has 3 amide bonds. The van der Waals surface area contributed by atoms with E-state index >= 15 is 0 Å². The molecule has 6 aliphatic carbocycles. The summed E-state index contributed by atoms with van der Waals surface area (Å²) in [5.41, 5.74) is 12.3. The second kappa shape index (κ2) is 17.9. The maximum atomic E-state index is 13.7. The van der Waals surface area contributed by atoms with Crippen LogP contribution in [0.1, 0.15) is 174 Å². The van der Waals surface area contributed by atoms with Crippen LogP contribution in [0.4, 0.5) is 0 Å². The molecule has 6 fully saturated rings. The fraction of sp³-hybridized carbons (Fsp3) is 0.564. The summed E-state index contributed by atoms with van der Waals surface area (Å²) in [7, 11) is 0. The minimum Gasteiger partial charge on any atom is -0.347 e. The number of hydrogen-bond donors (Lipinski definition) is 6. The number of hydrogen-bond acceptors (Lipinski definition) is 6. The third-order valence-electron chi connectivity index (χ3n) is 16.8. The van der Waals surface area contributed by atoms with Crippen LogP contribution in [-0.4, -0.2) is 65.2 Å². The Labute approximate surface area is 393 Å². The van der Waals surface area contributed by atoms with Gasteiger partial charge in [0.25, 0.3) is 17.7 Å². The maximum absolute atomic E-state index is 13.7. The van der Waals surface area contributed by atoms with Gasteiger partial charge >= 0.3 is 0 Å². The van der Waals surface area contributed by atoms with Crippen molar-refractivity contribution >= 4 is 50.8 Å². The zero-order valence-electron chi connectivity index (χ0n) is 40.0. The number of H-pyrrole nitrogens is 3. The van der Waals surface area contributed by atoms with Crippen molar-refractivity contribution in [2.75, 3.05) is 0 Å². The van der Waals surface area contributed by atoms with E-state index in [4.69, 9.17) is 9.97 Å². The van der Waals surface area contributed by atoms with Crippen molar-refractivity contribution in [3.8, 4) is 0 Å². The largest absolute Gasteiger partial charge is 0.347 e. The van der Waals surface area contributed by atoms with Gasteiger partial charge in [0.1, 0.15) is 0 Å². The average molecular weight is 904 g/mol. The molecule has 12 heteroatoms. The highest BCUT2D eigenvalue weighted by molar-refractivity contribution is 5.97. The van der Waals surface area contributed by atoms with Crippen LogP contribution in [0, 0.1) is 57.3 Å². The fourth-order valence-electron chi connectivity index (χ4n) is 14.2. The number of carbonyl (C=O) groups is 3. The van der Waals surface area contributed by atoms with Crippen molar-refractivity contribution in [1.29, 1.82) is 0 Å². The highest BCUT2D eigenvalue weighted by Gasteiger charge is 2.51. The van der Waals surface area contributed by atoms with Crippen molar-refractivity contribution in [3.05, 3.63) is 87.3 Å². The van der Waals surface area contributed by atoms with Gasteiger partial charge in [-0.3, -0.25) is 14.4 Å². The van der Waals surface area contributed by atoms with Crippen molar-refractivity contribution in [3.63, 3.8) is 0 Å². The van der Waals surface area contributed by atoms with Gasteiger partial charge in [0.05, 0.1) is 33.1 Å². The lowest BCUT2D eigenvalue weighted by atomic mass is 9.53. The molecule has 3 aromatic carbocycles. The number of carbonyl (C=O) groups excluding carboxylic acids is 3. The monoisotopic (exact) mass is 904 g/mol. The smallest absolute Gasteiger partial charge is 0.287 e. The zero-order chi connectivity index (χ0) is 46.0. The molecule has 0 radical (unpaired) electrons. The molecule has 4 bridgehead atoms. The highest BCUT2D eigenvalue weighted by atomic mass is 16.2.